The molecule has 1 atom stereocenters. The Bertz CT molecular complexity index is 461. The van der Waals surface area contributed by atoms with Crippen molar-refractivity contribution in [2.45, 2.75) is 26.3 Å². The van der Waals surface area contributed by atoms with Crippen molar-refractivity contribution in [1.82, 2.24) is 10.2 Å². The molecule has 0 aromatic heterocycles. The van der Waals surface area contributed by atoms with E-state index in [-0.39, 0.29) is 11.8 Å². The summed E-state index contributed by atoms with van der Waals surface area (Å²) >= 11 is 3.12. The highest BCUT2D eigenvalue weighted by atomic mass is 79.9. The van der Waals surface area contributed by atoms with E-state index in [0.29, 0.717) is 16.0 Å². The number of aromatic hydroxyl groups is 1. The fourth-order valence-corrected chi connectivity index (χ4v) is 3.06. The third kappa shape index (κ3) is 3.51. The quantitative estimate of drug-likeness (QED) is 0.879. The first-order valence-corrected chi connectivity index (χ1v) is 7.91. The maximum atomic E-state index is 13.9. The average Bonchev–Trinajstić information content (AvgIpc) is 2.44. The van der Waals surface area contributed by atoms with Crippen LogP contribution in [0.3, 0.4) is 0 Å². The molecule has 0 spiro atoms. The lowest BCUT2D eigenvalue weighted by Gasteiger charge is -2.36. The van der Waals surface area contributed by atoms with Gasteiger partial charge in [0.1, 0.15) is 0 Å². The van der Waals surface area contributed by atoms with Gasteiger partial charge in [-0.05, 0) is 34.3 Å². The van der Waals surface area contributed by atoms with Crippen LogP contribution in [0.25, 0.3) is 0 Å². The van der Waals surface area contributed by atoms with Crippen molar-refractivity contribution in [3.05, 3.63) is 28.0 Å². The maximum absolute atomic E-state index is 13.9. The second-order valence-corrected chi connectivity index (χ2v) is 6.58. The minimum absolute atomic E-state index is 0.0692. The zero-order valence-corrected chi connectivity index (χ0v) is 13.6. The molecular weight excluding hydrogens is 323 g/mol. The molecule has 1 aromatic rings. The lowest BCUT2D eigenvalue weighted by atomic mass is 9.94. The number of hydrogen-bond donors (Lipinski definition) is 2. The number of nitrogens with one attached hydrogen (secondary N) is 1. The number of phenolic OH excluding ortho intramolecular Hbond substituents is 1. The molecule has 0 bridgehead atoms. The summed E-state index contributed by atoms with van der Waals surface area (Å²) in [4.78, 5) is 2.33. The van der Waals surface area contributed by atoms with Crippen molar-refractivity contribution in [2.24, 2.45) is 5.92 Å². The summed E-state index contributed by atoms with van der Waals surface area (Å²) in [6.07, 6.45) is 0.911. The van der Waals surface area contributed by atoms with Gasteiger partial charge in [-0.25, -0.2) is 4.39 Å². The SMILES string of the molecule is CC(C)C[C@H](c1ccc(Br)c(F)c1O)N1CCNCC1. The van der Waals surface area contributed by atoms with Crippen molar-refractivity contribution in [2.75, 3.05) is 26.2 Å². The molecule has 0 aliphatic carbocycles. The van der Waals surface area contributed by atoms with Crippen LogP contribution in [0.4, 0.5) is 4.39 Å². The molecule has 1 aromatic carbocycles. The van der Waals surface area contributed by atoms with Crippen LogP contribution in [0, 0.1) is 11.7 Å². The Morgan fingerprint density at radius 3 is 2.60 bits per heavy atom. The Balaban J connectivity index is 2.32. The molecule has 3 nitrogen and oxygen atoms in total. The number of halogens is 2. The summed E-state index contributed by atoms with van der Waals surface area (Å²) in [5.74, 6) is -0.295. The van der Waals surface area contributed by atoms with Gasteiger partial charge in [0.25, 0.3) is 0 Å². The van der Waals surface area contributed by atoms with Gasteiger partial charge in [-0.2, -0.15) is 0 Å². The number of rotatable bonds is 4. The highest BCUT2D eigenvalue weighted by molar-refractivity contribution is 9.10. The Morgan fingerprint density at radius 1 is 1.35 bits per heavy atom. The van der Waals surface area contributed by atoms with E-state index >= 15 is 0 Å². The van der Waals surface area contributed by atoms with Gasteiger partial charge >= 0.3 is 0 Å². The monoisotopic (exact) mass is 344 g/mol. The van der Waals surface area contributed by atoms with Gasteiger partial charge in [0.05, 0.1) is 4.47 Å². The molecule has 0 saturated carbocycles. The van der Waals surface area contributed by atoms with Crippen LogP contribution in [-0.2, 0) is 0 Å². The van der Waals surface area contributed by atoms with Crippen LogP contribution in [0.1, 0.15) is 31.9 Å². The second-order valence-electron chi connectivity index (χ2n) is 5.73. The summed E-state index contributed by atoms with van der Waals surface area (Å²) in [7, 11) is 0. The molecular formula is C15H22BrFN2O. The van der Waals surface area contributed by atoms with Gasteiger partial charge in [-0.1, -0.05) is 19.9 Å². The maximum Gasteiger partial charge on any atom is 0.179 e. The summed E-state index contributed by atoms with van der Waals surface area (Å²) < 4.78 is 14.2. The highest BCUT2D eigenvalue weighted by Crippen LogP contribution is 2.37. The van der Waals surface area contributed by atoms with Crippen molar-refractivity contribution >= 4 is 15.9 Å². The largest absolute Gasteiger partial charge is 0.505 e. The molecule has 1 aliphatic rings. The van der Waals surface area contributed by atoms with Crippen molar-refractivity contribution in [3.8, 4) is 5.75 Å². The van der Waals surface area contributed by atoms with E-state index in [2.05, 4.69) is 40.0 Å². The zero-order chi connectivity index (χ0) is 14.7. The molecule has 112 valence electrons. The molecule has 0 amide bonds. The Morgan fingerprint density at radius 2 is 2.00 bits per heavy atom. The van der Waals surface area contributed by atoms with Gasteiger partial charge in [-0.3, -0.25) is 4.90 Å². The molecule has 0 unspecified atom stereocenters. The minimum atomic E-state index is -0.564. The molecule has 1 fully saturated rings. The van der Waals surface area contributed by atoms with E-state index in [1.54, 1.807) is 6.07 Å². The summed E-state index contributed by atoms with van der Waals surface area (Å²) in [5.41, 5.74) is 0.696. The molecule has 5 heteroatoms. The van der Waals surface area contributed by atoms with E-state index in [1.807, 2.05) is 6.07 Å². The third-order valence-corrected chi connectivity index (χ3v) is 4.36. The Kier molecular flexibility index (Phi) is 5.41. The van der Waals surface area contributed by atoms with Gasteiger partial charge in [0.2, 0.25) is 0 Å². The summed E-state index contributed by atoms with van der Waals surface area (Å²) in [6, 6.07) is 3.58. The molecule has 20 heavy (non-hydrogen) atoms. The predicted molar refractivity (Wildman–Crippen MR) is 82.4 cm³/mol. The minimum Gasteiger partial charge on any atom is -0.505 e. The number of phenols is 1. The van der Waals surface area contributed by atoms with E-state index in [0.717, 1.165) is 32.6 Å². The van der Waals surface area contributed by atoms with Crippen molar-refractivity contribution in [3.63, 3.8) is 0 Å². The normalized spacial score (nSPS) is 18.4. The summed E-state index contributed by atoms with van der Waals surface area (Å²) in [6.45, 7) is 8.04. The first-order chi connectivity index (χ1) is 9.50. The predicted octanol–water partition coefficient (Wildman–Crippen LogP) is 3.29. The number of nitrogens with zero attached hydrogens (tertiary/aromatic N) is 1. The number of hydrogen-bond acceptors (Lipinski definition) is 3. The number of piperazine rings is 1. The van der Waals surface area contributed by atoms with E-state index < -0.39 is 5.82 Å². The highest BCUT2D eigenvalue weighted by Gasteiger charge is 2.26. The smallest absolute Gasteiger partial charge is 0.179 e. The van der Waals surface area contributed by atoms with Crippen LogP contribution in [0.15, 0.2) is 16.6 Å². The van der Waals surface area contributed by atoms with Gasteiger partial charge in [0, 0.05) is 37.8 Å². The topological polar surface area (TPSA) is 35.5 Å². The van der Waals surface area contributed by atoms with Crippen LogP contribution in [0.2, 0.25) is 0 Å². The zero-order valence-electron chi connectivity index (χ0n) is 12.0. The fraction of sp³-hybridized carbons (Fsp3) is 0.600. The van der Waals surface area contributed by atoms with Crippen LogP contribution in [-0.4, -0.2) is 36.2 Å². The fourth-order valence-electron chi connectivity index (χ4n) is 2.74. The molecule has 2 rings (SSSR count). The molecule has 0 radical (unpaired) electrons. The lowest BCUT2D eigenvalue weighted by molar-refractivity contribution is 0.151. The first-order valence-electron chi connectivity index (χ1n) is 7.12. The van der Waals surface area contributed by atoms with Crippen LogP contribution < -0.4 is 5.32 Å². The summed E-state index contributed by atoms with van der Waals surface area (Å²) in [5, 5.41) is 13.5. The second kappa shape index (κ2) is 6.87. The molecule has 1 aliphatic heterocycles. The van der Waals surface area contributed by atoms with Crippen LogP contribution in [0.5, 0.6) is 5.75 Å². The number of benzene rings is 1. The molecule has 2 N–H and O–H groups in total. The molecule has 1 heterocycles. The van der Waals surface area contributed by atoms with Gasteiger partial charge < -0.3 is 10.4 Å². The van der Waals surface area contributed by atoms with E-state index in [9.17, 15) is 9.50 Å². The van der Waals surface area contributed by atoms with Gasteiger partial charge in [-0.15, -0.1) is 0 Å². The first kappa shape index (κ1) is 15.7. The average molecular weight is 345 g/mol. The Labute approximate surface area is 128 Å². The van der Waals surface area contributed by atoms with E-state index in [4.69, 9.17) is 0 Å². The standard InChI is InChI=1S/C15H22BrFN2O/c1-10(2)9-13(19-7-5-18-6-8-19)11-3-4-12(16)14(17)15(11)20/h3-4,10,13,18,20H,5-9H2,1-2H3/t13-/m1/s1. The van der Waals surface area contributed by atoms with Crippen molar-refractivity contribution in [1.29, 1.82) is 0 Å². The third-order valence-electron chi connectivity index (χ3n) is 3.75. The van der Waals surface area contributed by atoms with Crippen molar-refractivity contribution < 1.29 is 9.50 Å². The lowest BCUT2D eigenvalue weighted by Crippen LogP contribution is -2.45. The van der Waals surface area contributed by atoms with Crippen LogP contribution >= 0.6 is 15.9 Å². The van der Waals surface area contributed by atoms with E-state index in [1.165, 1.54) is 0 Å². The van der Waals surface area contributed by atoms with Gasteiger partial charge in [0.15, 0.2) is 11.6 Å². The Hall–Kier alpha value is -0.650. The molecule has 1 saturated heterocycles.